The number of thiophene rings is 1. The lowest BCUT2D eigenvalue weighted by molar-refractivity contribution is 0.230. The van der Waals surface area contributed by atoms with Crippen LogP contribution in [0.4, 0.5) is 0 Å². The Labute approximate surface area is 181 Å². The fraction of sp³-hybridized carbons (Fsp3) is 0.417. The molecule has 1 saturated heterocycles. The molecule has 0 radical (unpaired) electrons. The zero-order valence-corrected chi connectivity index (χ0v) is 18.6. The van der Waals surface area contributed by atoms with Gasteiger partial charge in [-0.1, -0.05) is 12.2 Å². The second-order valence-electron chi connectivity index (χ2n) is 8.21. The quantitative estimate of drug-likeness (QED) is 0.391. The molecule has 1 aliphatic heterocycles. The van der Waals surface area contributed by atoms with Gasteiger partial charge in [0.2, 0.25) is 0 Å². The van der Waals surface area contributed by atoms with Gasteiger partial charge in [-0.25, -0.2) is 4.68 Å². The molecule has 6 heteroatoms. The molecule has 0 spiro atoms. The molecule has 0 amide bonds. The van der Waals surface area contributed by atoms with Crippen molar-refractivity contribution < 1.29 is 4.74 Å². The number of nitrogens with zero attached hydrogens (tertiary/aromatic N) is 3. The highest BCUT2D eigenvalue weighted by Crippen LogP contribution is 2.30. The molecule has 0 N–H and O–H groups in total. The number of hydrogen-bond donors (Lipinski definition) is 0. The van der Waals surface area contributed by atoms with Crippen molar-refractivity contribution in [3.05, 3.63) is 58.2 Å². The molecule has 0 unspecified atom stereocenters. The maximum atomic E-state index is 12.6. The van der Waals surface area contributed by atoms with Gasteiger partial charge < -0.3 is 4.74 Å². The fourth-order valence-corrected chi connectivity index (χ4v) is 4.82. The highest BCUT2D eigenvalue weighted by atomic mass is 32.1. The Bertz CT molecular complexity index is 1080. The van der Waals surface area contributed by atoms with Gasteiger partial charge in [0, 0.05) is 18.7 Å². The molecule has 3 aromatic rings. The molecule has 1 aliphatic rings. The van der Waals surface area contributed by atoms with Gasteiger partial charge in [0.1, 0.15) is 11.4 Å². The van der Waals surface area contributed by atoms with E-state index in [4.69, 9.17) is 4.74 Å². The molecule has 1 fully saturated rings. The molecule has 5 nitrogen and oxygen atoms in total. The number of rotatable bonds is 7. The standard InChI is InChI=1S/C24H29N3O2S/c1-17(2)27-24(28)21-11-15-30-23(21)22(25-27)19-7-9-20(10-8-19)29-14-5-13-26-12-4-6-18(3)16-26/h7-11,15,17H,3-6,12-14,16H2,1-2H3. The monoisotopic (exact) mass is 423 g/mol. The van der Waals surface area contributed by atoms with E-state index < -0.39 is 0 Å². The molecule has 30 heavy (non-hydrogen) atoms. The number of fused-ring (bicyclic) bond motifs is 1. The van der Waals surface area contributed by atoms with Crippen LogP contribution in [0.2, 0.25) is 0 Å². The molecule has 3 heterocycles. The van der Waals surface area contributed by atoms with E-state index in [9.17, 15) is 4.79 Å². The average Bonchev–Trinajstić information content (AvgIpc) is 3.23. The van der Waals surface area contributed by atoms with Crippen molar-refractivity contribution in [3.8, 4) is 17.0 Å². The van der Waals surface area contributed by atoms with E-state index in [-0.39, 0.29) is 11.6 Å². The number of benzene rings is 1. The van der Waals surface area contributed by atoms with E-state index in [1.807, 2.05) is 49.6 Å². The summed E-state index contributed by atoms with van der Waals surface area (Å²) >= 11 is 1.56. The molecule has 0 saturated carbocycles. The van der Waals surface area contributed by atoms with Gasteiger partial charge in [0.25, 0.3) is 5.56 Å². The summed E-state index contributed by atoms with van der Waals surface area (Å²) in [6.45, 7) is 12.0. The maximum absolute atomic E-state index is 12.6. The van der Waals surface area contributed by atoms with Crippen LogP contribution in [0, 0.1) is 0 Å². The van der Waals surface area contributed by atoms with Crippen molar-refractivity contribution in [1.82, 2.24) is 14.7 Å². The second kappa shape index (κ2) is 9.14. The summed E-state index contributed by atoms with van der Waals surface area (Å²) < 4.78 is 8.46. The van der Waals surface area contributed by atoms with Gasteiger partial charge in [0.15, 0.2) is 0 Å². The molecule has 2 aromatic heterocycles. The summed E-state index contributed by atoms with van der Waals surface area (Å²) in [5.74, 6) is 0.862. The van der Waals surface area contributed by atoms with Crippen LogP contribution in [0.3, 0.4) is 0 Å². The summed E-state index contributed by atoms with van der Waals surface area (Å²) in [6, 6.07) is 9.94. The lowest BCUT2D eigenvalue weighted by Gasteiger charge is -2.27. The van der Waals surface area contributed by atoms with Crippen molar-refractivity contribution in [2.75, 3.05) is 26.2 Å². The Balaban J connectivity index is 1.42. The van der Waals surface area contributed by atoms with E-state index in [2.05, 4.69) is 16.6 Å². The third-order valence-electron chi connectivity index (χ3n) is 5.48. The number of likely N-dealkylation sites (tertiary alicyclic amines) is 1. The Morgan fingerprint density at radius 3 is 2.77 bits per heavy atom. The first-order valence-corrected chi connectivity index (χ1v) is 11.5. The van der Waals surface area contributed by atoms with Crippen molar-refractivity contribution in [1.29, 1.82) is 0 Å². The maximum Gasteiger partial charge on any atom is 0.275 e. The summed E-state index contributed by atoms with van der Waals surface area (Å²) in [5.41, 5.74) is 3.17. The minimum Gasteiger partial charge on any atom is -0.494 e. The number of hydrogen-bond acceptors (Lipinski definition) is 5. The topological polar surface area (TPSA) is 47.4 Å². The smallest absolute Gasteiger partial charge is 0.275 e. The van der Waals surface area contributed by atoms with Gasteiger partial charge in [-0.05, 0) is 75.4 Å². The van der Waals surface area contributed by atoms with E-state index in [0.717, 1.165) is 53.1 Å². The predicted molar refractivity (Wildman–Crippen MR) is 125 cm³/mol. The zero-order valence-electron chi connectivity index (χ0n) is 17.8. The minimum atomic E-state index is -0.0257. The average molecular weight is 424 g/mol. The van der Waals surface area contributed by atoms with Crippen LogP contribution in [0.15, 0.2) is 52.7 Å². The van der Waals surface area contributed by atoms with Crippen LogP contribution < -0.4 is 10.3 Å². The first-order valence-electron chi connectivity index (χ1n) is 10.6. The first kappa shape index (κ1) is 20.8. The Kier molecular flexibility index (Phi) is 6.35. The first-order chi connectivity index (χ1) is 14.5. The van der Waals surface area contributed by atoms with Crippen LogP contribution in [-0.4, -0.2) is 40.9 Å². The van der Waals surface area contributed by atoms with Gasteiger partial charge in [-0.3, -0.25) is 9.69 Å². The fourth-order valence-electron chi connectivity index (χ4n) is 3.93. The summed E-state index contributed by atoms with van der Waals surface area (Å²) in [4.78, 5) is 15.1. The molecule has 4 rings (SSSR count). The van der Waals surface area contributed by atoms with Crippen molar-refractivity contribution >= 4 is 21.4 Å². The predicted octanol–water partition coefficient (Wildman–Crippen LogP) is 5.13. The van der Waals surface area contributed by atoms with Crippen molar-refractivity contribution in [2.45, 2.75) is 39.2 Å². The van der Waals surface area contributed by atoms with Crippen LogP contribution in [0.25, 0.3) is 21.3 Å². The third kappa shape index (κ3) is 4.50. The molecular weight excluding hydrogens is 394 g/mol. The third-order valence-corrected chi connectivity index (χ3v) is 6.40. The molecule has 1 aromatic carbocycles. The lowest BCUT2D eigenvalue weighted by Crippen LogP contribution is -2.32. The van der Waals surface area contributed by atoms with Crippen LogP contribution in [0.1, 0.15) is 39.2 Å². The van der Waals surface area contributed by atoms with Crippen molar-refractivity contribution in [2.24, 2.45) is 0 Å². The number of piperidine rings is 1. The van der Waals surface area contributed by atoms with Crippen LogP contribution >= 0.6 is 11.3 Å². The highest BCUT2D eigenvalue weighted by Gasteiger charge is 2.15. The summed E-state index contributed by atoms with van der Waals surface area (Å²) in [6.07, 6.45) is 3.39. The molecule has 0 aliphatic carbocycles. The van der Waals surface area contributed by atoms with Crippen molar-refractivity contribution in [3.63, 3.8) is 0 Å². The van der Waals surface area contributed by atoms with E-state index in [1.54, 1.807) is 16.0 Å². The Hall–Kier alpha value is -2.44. The molecule has 158 valence electrons. The zero-order chi connectivity index (χ0) is 21.1. The summed E-state index contributed by atoms with van der Waals surface area (Å²) in [5, 5.41) is 7.36. The molecular formula is C24H29N3O2S. The van der Waals surface area contributed by atoms with E-state index in [0.29, 0.717) is 6.61 Å². The van der Waals surface area contributed by atoms with Gasteiger partial charge in [0.05, 0.1) is 22.7 Å². The SMILES string of the molecule is C=C1CCCN(CCCOc2ccc(-c3nn(C(C)C)c(=O)c4ccsc34)cc2)C1. The van der Waals surface area contributed by atoms with E-state index >= 15 is 0 Å². The second-order valence-corrected chi connectivity index (χ2v) is 9.13. The van der Waals surface area contributed by atoms with Crippen LogP contribution in [0.5, 0.6) is 5.75 Å². The van der Waals surface area contributed by atoms with Gasteiger partial charge in [-0.2, -0.15) is 5.10 Å². The van der Waals surface area contributed by atoms with Crippen LogP contribution in [-0.2, 0) is 0 Å². The highest BCUT2D eigenvalue weighted by molar-refractivity contribution is 7.17. The van der Waals surface area contributed by atoms with Gasteiger partial charge >= 0.3 is 0 Å². The lowest BCUT2D eigenvalue weighted by atomic mass is 10.1. The largest absolute Gasteiger partial charge is 0.494 e. The Morgan fingerprint density at radius 2 is 2.03 bits per heavy atom. The normalized spacial score (nSPS) is 15.2. The minimum absolute atomic E-state index is 0.0141. The number of aromatic nitrogens is 2. The molecule has 0 bridgehead atoms. The molecule has 0 atom stereocenters. The number of ether oxygens (including phenoxy) is 1. The van der Waals surface area contributed by atoms with Gasteiger partial charge in [-0.15, -0.1) is 11.3 Å². The summed E-state index contributed by atoms with van der Waals surface area (Å²) in [7, 11) is 0. The Morgan fingerprint density at radius 1 is 1.23 bits per heavy atom. The van der Waals surface area contributed by atoms with E-state index in [1.165, 1.54) is 18.4 Å².